The van der Waals surface area contributed by atoms with E-state index in [1.807, 2.05) is 0 Å². The molecule has 0 unspecified atom stereocenters. The lowest BCUT2D eigenvalue weighted by Crippen LogP contribution is -2.15. The van der Waals surface area contributed by atoms with Gasteiger partial charge in [-0.15, -0.1) is 0 Å². The number of fused-ring (bicyclic) bond motifs is 1. The standard InChI is InChI=1S/C19H13Cl2N5O3/c1-29-11-5-3-10(4-6-11)26-18-15(24-19(26)28)14(16(22)27)23-17(25-18)9-2-7-12(20)13(21)8-9/h2-8H,1H3,(H2,22,27)(H,24,28). The summed E-state index contributed by atoms with van der Waals surface area (Å²) >= 11 is 12.1. The SMILES string of the molecule is COc1ccc(-n2c(=O)[nH]c3c(C(N)=O)nc(-c4ccc(Cl)c(Cl)c4)nc32)cc1. The first-order valence-electron chi connectivity index (χ1n) is 8.31. The molecule has 0 spiro atoms. The third-order valence-corrected chi connectivity index (χ3v) is 5.02. The van der Waals surface area contributed by atoms with Crippen LogP contribution in [0.5, 0.6) is 5.75 Å². The van der Waals surface area contributed by atoms with Crippen molar-refractivity contribution in [3.8, 4) is 22.8 Å². The Kier molecular flexibility index (Phi) is 4.73. The van der Waals surface area contributed by atoms with Gasteiger partial charge in [-0.25, -0.2) is 19.3 Å². The van der Waals surface area contributed by atoms with Gasteiger partial charge in [0.05, 0.1) is 22.8 Å². The second-order valence-corrected chi connectivity index (χ2v) is 6.87. The summed E-state index contributed by atoms with van der Waals surface area (Å²) in [6.45, 7) is 0. The number of nitrogens with one attached hydrogen (secondary N) is 1. The fourth-order valence-electron chi connectivity index (χ4n) is 2.90. The van der Waals surface area contributed by atoms with Crippen molar-refractivity contribution in [2.45, 2.75) is 0 Å². The predicted molar refractivity (Wildman–Crippen MR) is 110 cm³/mol. The normalized spacial score (nSPS) is 11.0. The highest BCUT2D eigenvalue weighted by molar-refractivity contribution is 6.42. The van der Waals surface area contributed by atoms with E-state index in [0.717, 1.165) is 0 Å². The Labute approximate surface area is 173 Å². The molecular formula is C19H13Cl2N5O3. The summed E-state index contributed by atoms with van der Waals surface area (Å²) in [6, 6.07) is 11.6. The molecule has 0 fully saturated rings. The van der Waals surface area contributed by atoms with Crippen LogP contribution in [0.25, 0.3) is 28.2 Å². The van der Waals surface area contributed by atoms with Crippen molar-refractivity contribution in [1.29, 1.82) is 0 Å². The van der Waals surface area contributed by atoms with Crippen LogP contribution in [-0.4, -0.2) is 32.5 Å². The Balaban J connectivity index is 2.01. The number of aromatic amines is 1. The maximum Gasteiger partial charge on any atom is 0.332 e. The van der Waals surface area contributed by atoms with Gasteiger partial charge in [-0.3, -0.25) is 4.79 Å². The van der Waals surface area contributed by atoms with E-state index in [2.05, 4.69) is 15.0 Å². The van der Waals surface area contributed by atoms with Gasteiger partial charge in [0.1, 0.15) is 11.3 Å². The van der Waals surface area contributed by atoms with E-state index >= 15 is 0 Å². The van der Waals surface area contributed by atoms with Crippen LogP contribution in [0.15, 0.2) is 47.3 Å². The number of rotatable bonds is 4. The van der Waals surface area contributed by atoms with E-state index in [1.54, 1.807) is 49.6 Å². The van der Waals surface area contributed by atoms with Gasteiger partial charge in [0.25, 0.3) is 5.91 Å². The Morgan fingerprint density at radius 2 is 1.83 bits per heavy atom. The number of halogens is 2. The van der Waals surface area contributed by atoms with E-state index in [0.29, 0.717) is 27.0 Å². The summed E-state index contributed by atoms with van der Waals surface area (Å²) in [5.41, 5.74) is 6.27. The predicted octanol–water partition coefficient (Wildman–Crippen LogP) is 3.19. The van der Waals surface area contributed by atoms with Crippen molar-refractivity contribution < 1.29 is 9.53 Å². The fourth-order valence-corrected chi connectivity index (χ4v) is 3.20. The maximum atomic E-state index is 12.6. The molecule has 0 saturated heterocycles. The van der Waals surface area contributed by atoms with Crippen molar-refractivity contribution in [2.75, 3.05) is 7.11 Å². The molecule has 10 heteroatoms. The molecule has 0 atom stereocenters. The first-order chi connectivity index (χ1) is 13.9. The number of hydrogen-bond donors (Lipinski definition) is 2. The van der Waals surface area contributed by atoms with Gasteiger partial charge in [-0.2, -0.15) is 0 Å². The lowest BCUT2D eigenvalue weighted by Gasteiger charge is -2.08. The molecule has 0 aliphatic heterocycles. The molecule has 0 aliphatic carbocycles. The Morgan fingerprint density at radius 3 is 2.45 bits per heavy atom. The van der Waals surface area contributed by atoms with Gasteiger partial charge in [0.2, 0.25) is 0 Å². The number of amides is 1. The number of nitrogens with two attached hydrogens (primary N) is 1. The molecule has 0 aliphatic rings. The van der Waals surface area contributed by atoms with Crippen LogP contribution in [-0.2, 0) is 0 Å². The fraction of sp³-hybridized carbons (Fsp3) is 0.0526. The molecule has 4 aromatic rings. The molecule has 4 rings (SSSR count). The average molecular weight is 430 g/mol. The van der Waals surface area contributed by atoms with Gasteiger partial charge >= 0.3 is 5.69 Å². The quantitative estimate of drug-likeness (QED) is 0.516. The number of H-pyrrole nitrogens is 1. The topological polar surface area (TPSA) is 116 Å². The number of primary amides is 1. The van der Waals surface area contributed by atoms with Crippen molar-refractivity contribution in [3.05, 3.63) is 68.7 Å². The summed E-state index contributed by atoms with van der Waals surface area (Å²) < 4.78 is 6.47. The van der Waals surface area contributed by atoms with Crippen molar-refractivity contribution in [3.63, 3.8) is 0 Å². The van der Waals surface area contributed by atoms with Gasteiger partial charge in [-0.1, -0.05) is 23.2 Å². The second-order valence-electron chi connectivity index (χ2n) is 6.05. The lowest BCUT2D eigenvalue weighted by atomic mass is 10.2. The summed E-state index contributed by atoms with van der Waals surface area (Å²) in [7, 11) is 1.54. The van der Waals surface area contributed by atoms with E-state index in [4.69, 9.17) is 33.7 Å². The van der Waals surface area contributed by atoms with Crippen molar-refractivity contribution in [2.24, 2.45) is 5.73 Å². The van der Waals surface area contributed by atoms with E-state index < -0.39 is 11.6 Å². The highest BCUT2D eigenvalue weighted by Gasteiger charge is 2.20. The number of methoxy groups -OCH3 is 1. The van der Waals surface area contributed by atoms with Crippen molar-refractivity contribution in [1.82, 2.24) is 19.5 Å². The molecule has 0 radical (unpaired) electrons. The number of aromatic nitrogens is 4. The number of benzene rings is 2. The van der Waals surface area contributed by atoms with E-state index in [1.165, 1.54) is 4.57 Å². The van der Waals surface area contributed by atoms with Crippen molar-refractivity contribution >= 4 is 40.3 Å². The summed E-state index contributed by atoms with van der Waals surface area (Å²) in [5, 5.41) is 0.665. The molecule has 146 valence electrons. The number of imidazole rings is 1. The van der Waals surface area contributed by atoms with Crippen LogP contribution in [0, 0.1) is 0 Å². The minimum Gasteiger partial charge on any atom is -0.497 e. The van der Waals surface area contributed by atoms with Crippen LogP contribution >= 0.6 is 23.2 Å². The Hall–Kier alpha value is -3.36. The molecule has 0 bridgehead atoms. The third kappa shape index (κ3) is 3.32. The van der Waals surface area contributed by atoms with E-state index in [9.17, 15) is 9.59 Å². The first kappa shape index (κ1) is 19.0. The smallest absolute Gasteiger partial charge is 0.332 e. The van der Waals surface area contributed by atoms with E-state index in [-0.39, 0.29) is 22.7 Å². The summed E-state index contributed by atoms with van der Waals surface area (Å²) in [4.78, 5) is 35.9. The molecule has 29 heavy (non-hydrogen) atoms. The molecule has 0 saturated carbocycles. The first-order valence-corrected chi connectivity index (χ1v) is 9.07. The van der Waals surface area contributed by atoms with Crippen LogP contribution in [0.1, 0.15) is 10.5 Å². The molecule has 8 nitrogen and oxygen atoms in total. The van der Waals surface area contributed by atoms with Crippen LogP contribution in [0.2, 0.25) is 10.0 Å². The summed E-state index contributed by atoms with van der Waals surface area (Å²) in [5.74, 6) is -0.00134. The lowest BCUT2D eigenvalue weighted by molar-refractivity contribution is 0.0997. The van der Waals surface area contributed by atoms with Gasteiger partial charge in [0.15, 0.2) is 17.2 Å². The van der Waals surface area contributed by atoms with Crippen LogP contribution < -0.4 is 16.2 Å². The Bertz CT molecular complexity index is 1310. The zero-order chi connectivity index (χ0) is 20.7. The van der Waals surface area contributed by atoms with Gasteiger partial charge in [-0.05, 0) is 42.5 Å². The maximum absolute atomic E-state index is 12.6. The largest absolute Gasteiger partial charge is 0.497 e. The Morgan fingerprint density at radius 1 is 1.10 bits per heavy atom. The molecule has 3 N–H and O–H groups in total. The minimum absolute atomic E-state index is 0.111. The molecule has 1 amide bonds. The van der Waals surface area contributed by atoms with Crippen LogP contribution in [0.4, 0.5) is 0 Å². The minimum atomic E-state index is -0.804. The number of carbonyl (C=O) groups is 1. The third-order valence-electron chi connectivity index (χ3n) is 4.28. The molecule has 2 aromatic carbocycles. The zero-order valence-corrected chi connectivity index (χ0v) is 16.5. The van der Waals surface area contributed by atoms with Gasteiger partial charge < -0.3 is 15.5 Å². The highest BCUT2D eigenvalue weighted by atomic mass is 35.5. The molecule has 2 aromatic heterocycles. The monoisotopic (exact) mass is 429 g/mol. The number of carbonyl (C=O) groups excluding carboxylic acids is 1. The number of nitrogens with zero attached hydrogens (tertiary/aromatic N) is 3. The number of hydrogen-bond acceptors (Lipinski definition) is 5. The van der Waals surface area contributed by atoms with Crippen LogP contribution in [0.3, 0.4) is 0 Å². The highest BCUT2D eigenvalue weighted by Crippen LogP contribution is 2.28. The zero-order valence-electron chi connectivity index (χ0n) is 14.9. The molecular weight excluding hydrogens is 417 g/mol. The second kappa shape index (κ2) is 7.23. The average Bonchev–Trinajstić information content (AvgIpc) is 3.04. The van der Waals surface area contributed by atoms with Gasteiger partial charge in [0, 0.05) is 5.56 Å². The molecule has 2 heterocycles. The summed E-state index contributed by atoms with van der Waals surface area (Å²) in [6.07, 6.45) is 0. The number of ether oxygens (including phenoxy) is 1.